The van der Waals surface area contributed by atoms with Gasteiger partial charge in [0.05, 0.1) is 11.3 Å². The Kier molecular flexibility index (Phi) is 6.90. The van der Waals surface area contributed by atoms with E-state index in [0.717, 1.165) is 11.1 Å². The third-order valence-electron chi connectivity index (χ3n) is 5.90. The van der Waals surface area contributed by atoms with E-state index in [9.17, 15) is 14.4 Å². The Hall–Kier alpha value is -3.41. The number of carbonyl (C=O) groups excluding carboxylic acids is 3. The van der Waals surface area contributed by atoms with Crippen molar-refractivity contribution in [1.29, 1.82) is 0 Å². The Bertz CT molecular complexity index is 1030. The molecule has 1 fully saturated rings. The number of hydrogen-bond donors (Lipinski definition) is 2. The van der Waals surface area contributed by atoms with Gasteiger partial charge in [-0.15, -0.1) is 0 Å². The van der Waals surface area contributed by atoms with Crippen LogP contribution >= 0.6 is 0 Å². The largest absolute Gasteiger partial charge is 0.369 e. The Balaban J connectivity index is 1.70. The zero-order valence-electron chi connectivity index (χ0n) is 18.3. The van der Waals surface area contributed by atoms with E-state index in [2.05, 4.69) is 24.4 Å². The topological polar surface area (TPSA) is 92.5 Å². The predicted octanol–water partition coefficient (Wildman–Crippen LogP) is 3.60. The van der Waals surface area contributed by atoms with Crippen LogP contribution in [0.2, 0.25) is 0 Å². The van der Waals surface area contributed by atoms with Gasteiger partial charge in [0.15, 0.2) is 0 Å². The van der Waals surface area contributed by atoms with Crippen molar-refractivity contribution in [2.24, 2.45) is 11.7 Å². The Labute approximate surface area is 183 Å². The Morgan fingerprint density at radius 2 is 1.65 bits per heavy atom. The lowest BCUT2D eigenvalue weighted by atomic mass is 9.95. The van der Waals surface area contributed by atoms with Gasteiger partial charge >= 0.3 is 0 Å². The fourth-order valence-corrected chi connectivity index (χ4v) is 3.82. The summed E-state index contributed by atoms with van der Waals surface area (Å²) < 4.78 is 0. The SMILES string of the molecule is Cc1cc(C)c(/C=C/C(=O)Nc2ccccc2C(=O)N2CCC(C(N)=O)CC2)cc1C. The number of amides is 3. The Morgan fingerprint density at radius 1 is 1.00 bits per heavy atom. The quantitative estimate of drug-likeness (QED) is 0.725. The van der Waals surface area contributed by atoms with E-state index in [4.69, 9.17) is 5.73 Å². The number of rotatable bonds is 5. The molecule has 1 heterocycles. The minimum atomic E-state index is -0.314. The van der Waals surface area contributed by atoms with E-state index in [1.165, 1.54) is 17.2 Å². The molecule has 2 aromatic rings. The summed E-state index contributed by atoms with van der Waals surface area (Å²) >= 11 is 0. The van der Waals surface area contributed by atoms with Gasteiger partial charge in [0.25, 0.3) is 5.91 Å². The second kappa shape index (κ2) is 9.60. The van der Waals surface area contributed by atoms with Crippen molar-refractivity contribution in [1.82, 2.24) is 4.90 Å². The summed E-state index contributed by atoms with van der Waals surface area (Å²) in [7, 11) is 0. The molecule has 162 valence electrons. The molecule has 0 bridgehead atoms. The lowest BCUT2D eigenvalue weighted by Crippen LogP contribution is -2.42. The molecule has 1 saturated heterocycles. The summed E-state index contributed by atoms with van der Waals surface area (Å²) in [6.45, 7) is 7.06. The molecule has 0 aromatic heterocycles. The number of anilines is 1. The van der Waals surface area contributed by atoms with E-state index in [1.807, 2.05) is 13.8 Å². The molecule has 0 atom stereocenters. The molecule has 1 aliphatic rings. The molecule has 1 aliphatic heterocycles. The zero-order valence-corrected chi connectivity index (χ0v) is 18.3. The number of nitrogens with one attached hydrogen (secondary N) is 1. The van der Waals surface area contributed by atoms with Crippen LogP contribution in [0.15, 0.2) is 42.5 Å². The van der Waals surface area contributed by atoms with Gasteiger partial charge in [-0.2, -0.15) is 0 Å². The molecule has 0 aliphatic carbocycles. The molecule has 0 radical (unpaired) electrons. The summed E-state index contributed by atoms with van der Waals surface area (Å²) in [5, 5.41) is 2.83. The third kappa shape index (κ3) is 5.40. The number of nitrogens with zero attached hydrogens (tertiary/aromatic N) is 1. The number of likely N-dealkylation sites (tertiary alicyclic amines) is 1. The average Bonchev–Trinajstić information content (AvgIpc) is 2.75. The summed E-state index contributed by atoms with van der Waals surface area (Å²) in [6.07, 6.45) is 4.40. The van der Waals surface area contributed by atoms with Crippen LogP contribution in [0.5, 0.6) is 0 Å². The summed E-state index contributed by atoms with van der Waals surface area (Å²) in [5.41, 5.74) is 10.7. The maximum absolute atomic E-state index is 13.0. The first-order valence-corrected chi connectivity index (χ1v) is 10.5. The van der Waals surface area contributed by atoms with E-state index in [1.54, 1.807) is 35.2 Å². The van der Waals surface area contributed by atoms with Gasteiger partial charge in [0, 0.05) is 25.1 Å². The van der Waals surface area contributed by atoms with Crippen molar-refractivity contribution < 1.29 is 14.4 Å². The second-order valence-corrected chi connectivity index (χ2v) is 8.13. The number of benzene rings is 2. The molecular formula is C25H29N3O3. The van der Waals surface area contributed by atoms with Gasteiger partial charge in [0.1, 0.15) is 0 Å². The van der Waals surface area contributed by atoms with Crippen LogP contribution < -0.4 is 11.1 Å². The lowest BCUT2D eigenvalue weighted by Gasteiger charge is -2.31. The van der Waals surface area contributed by atoms with E-state index < -0.39 is 0 Å². The molecule has 31 heavy (non-hydrogen) atoms. The average molecular weight is 420 g/mol. The fourth-order valence-electron chi connectivity index (χ4n) is 3.82. The van der Waals surface area contributed by atoms with Crippen LogP contribution in [0.25, 0.3) is 6.08 Å². The first kappa shape index (κ1) is 22.3. The van der Waals surface area contributed by atoms with E-state index in [0.29, 0.717) is 37.2 Å². The molecule has 6 nitrogen and oxygen atoms in total. The molecule has 3 N–H and O–H groups in total. The van der Waals surface area contributed by atoms with Gasteiger partial charge < -0.3 is 16.0 Å². The minimum Gasteiger partial charge on any atom is -0.369 e. The number of nitrogens with two attached hydrogens (primary N) is 1. The van der Waals surface area contributed by atoms with E-state index >= 15 is 0 Å². The van der Waals surface area contributed by atoms with Crippen LogP contribution in [-0.4, -0.2) is 35.7 Å². The maximum Gasteiger partial charge on any atom is 0.255 e. The van der Waals surface area contributed by atoms with Crippen molar-refractivity contribution in [2.75, 3.05) is 18.4 Å². The zero-order chi connectivity index (χ0) is 22.5. The number of carbonyl (C=O) groups is 3. The number of aryl methyl sites for hydroxylation is 3. The van der Waals surface area contributed by atoms with Crippen LogP contribution in [0, 0.1) is 26.7 Å². The molecule has 2 aromatic carbocycles. The van der Waals surface area contributed by atoms with Gasteiger partial charge in [-0.05, 0) is 74.1 Å². The molecular weight excluding hydrogens is 390 g/mol. The molecule has 0 spiro atoms. The lowest BCUT2D eigenvalue weighted by molar-refractivity contribution is -0.123. The predicted molar refractivity (Wildman–Crippen MR) is 123 cm³/mol. The summed E-state index contributed by atoms with van der Waals surface area (Å²) in [5.74, 6) is -0.957. The highest BCUT2D eigenvalue weighted by Gasteiger charge is 2.27. The molecule has 3 amide bonds. The normalized spacial score (nSPS) is 14.6. The molecule has 0 unspecified atom stereocenters. The minimum absolute atomic E-state index is 0.159. The van der Waals surface area contributed by atoms with Crippen molar-refractivity contribution in [3.8, 4) is 0 Å². The highest BCUT2D eigenvalue weighted by Crippen LogP contribution is 2.23. The maximum atomic E-state index is 13.0. The molecule has 0 saturated carbocycles. The molecule has 6 heteroatoms. The summed E-state index contributed by atoms with van der Waals surface area (Å²) in [4.78, 5) is 38.6. The number of primary amides is 1. The van der Waals surface area contributed by atoms with Crippen LogP contribution in [-0.2, 0) is 9.59 Å². The fraction of sp³-hybridized carbons (Fsp3) is 0.320. The second-order valence-electron chi connectivity index (χ2n) is 8.13. The first-order valence-electron chi connectivity index (χ1n) is 10.5. The van der Waals surface area contributed by atoms with Crippen LogP contribution in [0.3, 0.4) is 0 Å². The van der Waals surface area contributed by atoms with Crippen molar-refractivity contribution >= 4 is 29.5 Å². The van der Waals surface area contributed by atoms with Gasteiger partial charge in [-0.1, -0.05) is 24.3 Å². The van der Waals surface area contributed by atoms with Crippen molar-refractivity contribution in [2.45, 2.75) is 33.6 Å². The van der Waals surface area contributed by atoms with Gasteiger partial charge in [0.2, 0.25) is 11.8 Å². The molecule has 3 rings (SSSR count). The third-order valence-corrected chi connectivity index (χ3v) is 5.90. The highest BCUT2D eigenvalue weighted by molar-refractivity contribution is 6.07. The Morgan fingerprint density at radius 3 is 2.32 bits per heavy atom. The number of hydrogen-bond acceptors (Lipinski definition) is 3. The smallest absolute Gasteiger partial charge is 0.255 e. The first-order chi connectivity index (χ1) is 14.8. The van der Waals surface area contributed by atoms with Crippen LogP contribution in [0.1, 0.15) is 45.5 Å². The van der Waals surface area contributed by atoms with E-state index in [-0.39, 0.29) is 23.6 Å². The van der Waals surface area contributed by atoms with Crippen molar-refractivity contribution in [3.63, 3.8) is 0 Å². The van der Waals surface area contributed by atoms with Gasteiger partial charge in [-0.3, -0.25) is 14.4 Å². The van der Waals surface area contributed by atoms with Gasteiger partial charge in [-0.25, -0.2) is 0 Å². The monoisotopic (exact) mass is 419 g/mol. The highest BCUT2D eigenvalue weighted by atomic mass is 16.2. The summed E-state index contributed by atoms with van der Waals surface area (Å²) in [6, 6.07) is 11.1. The van der Waals surface area contributed by atoms with Crippen LogP contribution in [0.4, 0.5) is 5.69 Å². The number of piperidine rings is 1. The number of para-hydroxylation sites is 1. The standard InChI is InChI=1S/C25H29N3O3/c1-16-14-18(3)20(15-17(16)2)8-9-23(29)27-22-7-5-4-6-21(22)25(31)28-12-10-19(11-13-28)24(26)30/h4-9,14-15,19H,10-13H2,1-3H3,(H2,26,30)(H,27,29)/b9-8+. The van der Waals surface area contributed by atoms with Crippen molar-refractivity contribution in [3.05, 3.63) is 70.3 Å².